The highest BCUT2D eigenvalue weighted by Crippen LogP contribution is 2.30. The Morgan fingerprint density at radius 2 is 1.96 bits per heavy atom. The molecule has 0 saturated carbocycles. The average Bonchev–Trinajstić information content (AvgIpc) is 2.56. The first-order chi connectivity index (χ1) is 11.5. The molecule has 2 aromatic rings. The van der Waals surface area contributed by atoms with E-state index in [1.54, 1.807) is 43.3 Å². The Bertz CT molecular complexity index is 749. The maximum absolute atomic E-state index is 12.3. The zero-order valence-corrected chi connectivity index (χ0v) is 13.8. The lowest BCUT2D eigenvalue weighted by atomic mass is 10.1. The number of rotatable bonds is 5. The van der Waals surface area contributed by atoms with E-state index in [4.69, 9.17) is 26.8 Å². The molecule has 7 heteroatoms. The first kappa shape index (κ1) is 17.8. The third kappa shape index (κ3) is 4.47. The summed E-state index contributed by atoms with van der Waals surface area (Å²) >= 11 is 5.88. The summed E-state index contributed by atoms with van der Waals surface area (Å²) in [4.78, 5) is 24.0. The predicted molar refractivity (Wildman–Crippen MR) is 91.4 cm³/mol. The van der Waals surface area contributed by atoms with Gasteiger partial charge in [0.25, 0.3) is 0 Å². The summed E-state index contributed by atoms with van der Waals surface area (Å²) < 4.78 is 10.3. The molecule has 2 aromatic carbocycles. The van der Waals surface area contributed by atoms with Crippen LogP contribution in [0, 0.1) is 0 Å². The number of anilines is 1. The second-order valence-corrected chi connectivity index (χ2v) is 5.18. The number of benzene rings is 2. The van der Waals surface area contributed by atoms with E-state index < -0.39 is 12.1 Å². The summed E-state index contributed by atoms with van der Waals surface area (Å²) in [6.45, 7) is 2.05. The van der Waals surface area contributed by atoms with Crippen LogP contribution in [0.25, 0.3) is 0 Å². The quantitative estimate of drug-likeness (QED) is 0.636. The van der Waals surface area contributed by atoms with E-state index in [1.807, 2.05) is 0 Å². The Morgan fingerprint density at radius 3 is 2.62 bits per heavy atom. The topological polar surface area (TPSA) is 90.7 Å². The fourth-order valence-corrected chi connectivity index (χ4v) is 2.20. The number of nitrogens with one attached hydrogen (secondary N) is 1. The van der Waals surface area contributed by atoms with Crippen molar-refractivity contribution < 1.29 is 19.1 Å². The second-order valence-electron chi connectivity index (χ2n) is 4.74. The number of amides is 1. The summed E-state index contributed by atoms with van der Waals surface area (Å²) in [5.41, 5.74) is 6.85. The fraction of sp³-hybridized carbons (Fsp3) is 0.176. The first-order valence-corrected chi connectivity index (χ1v) is 7.66. The Balaban J connectivity index is 2.30. The highest BCUT2D eigenvalue weighted by atomic mass is 35.5. The van der Waals surface area contributed by atoms with E-state index in [0.717, 1.165) is 0 Å². The SMILES string of the molecule is CCOC(=O)Nc1cccc(CN)c1OC(=O)c1cccc(Cl)c1. The van der Waals surface area contributed by atoms with E-state index in [0.29, 0.717) is 16.3 Å². The van der Waals surface area contributed by atoms with Gasteiger partial charge in [-0.1, -0.05) is 29.8 Å². The molecule has 0 saturated heterocycles. The molecule has 0 aromatic heterocycles. The van der Waals surface area contributed by atoms with Crippen LogP contribution in [0.4, 0.5) is 10.5 Å². The van der Waals surface area contributed by atoms with E-state index in [9.17, 15) is 9.59 Å². The Hall–Kier alpha value is -2.57. The number of carbonyl (C=O) groups excluding carboxylic acids is 2. The second kappa shape index (κ2) is 8.33. The molecule has 0 fully saturated rings. The summed E-state index contributed by atoms with van der Waals surface area (Å²) in [5.74, 6) is -0.427. The third-order valence-corrected chi connectivity index (χ3v) is 3.32. The van der Waals surface area contributed by atoms with Gasteiger partial charge >= 0.3 is 12.1 Å². The van der Waals surface area contributed by atoms with Crippen molar-refractivity contribution in [1.29, 1.82) is 0 Å². The van der Waals surface area contributed by atoms with E-state index in [-0.39, 0.29) is 24.5 Å². The molecule has 2 rings (SSSR count). The van der Waals surface area contributed by atoms with Crippen molar-refractivity contribution in [2.45, 2.75) is 13.5 Å². The molecule has 126 valence electrons. The zero-order chi connectivity index (χ0) is 17.5. The summed E-state index contributed by atoms with van der Waals surface area (Å²) in [7, 11) is 0. The van der Waals surface area contributed by atoms with E-state index >= 15 is 0 Å². The van der Waals surface area contributed by atoms with Gasteiger partial charge in [0, 0.05) is 17.1 Å². The maximum atomic E-state index is 12.3. The molecular formula is C17H17ClN2O4. The number of halogens is 1. The molecule has 6 nitrogen and oxygen atoms in total. The van der Waals surface area contributed by atoms with Crippen LogP contribution in [-0.2, 0) is 11.3 Å². The highest BCUT2D eigenvalue weighted by Gasteiger charge is 2.17. The van der Waals surface area contributed by atoms with Gasteiger partial charge in [0.2, 0.25) is 0 Å². The molecular weight excluding hydrogens is 332 g/mol. The molecule has 0 radical (unpaired) electrons. The third-order valence-electron chi connectivity index (χ3n) is 3.08. The van der Waals surface area contributed by atoms with Gasteiger partial charge in [-0.3, -0.25) is 5.32 Å². The van der Waals surface area contributed by atoms with Crippen LogP contribution in [-0.4, -0.2) is 18.7 Å². The van der Waals surface area contributed by atoms with Crippen LogP contribution >= 0.6 is 11.6 Å². The molecule has 0 aliphatic heterocycles. The van der Waals surface area contributed by atoms with Gasteiger partial charge in [-0.05, 0) is 31.2 Å². The molecule has 0 aliphatic carbocycles. The van der Waals surface area contributed by atoms with Crippen LogP contribution in [0.2, 0.25) is 5.02 Å². The lowest BCUT2D eigenvalue weighted by molar-refractivity contribution is 0.0733. The summed E-state index contributed by atoms with van der Waals surface area (Å²) in [6.07, 6.45) is -0.647. The number of hydrogen-bond donors (Lipinski definition) is 2. The molecule has 1 amide bonds. The van der Waals surface area contributed by atoms with E-state index in [1.165, 1.54) is 6.07 Å². The van der Waals surface area contributed by atoms with Gasteiger partial charge in [-0.2, -0.15) is 0 Å². The lowest BCUT2D eigenvalue weighted by Crippen LogP contribution is -2.17. The number of carbonyl (C=O) groups is 2. The summed E-state index contributed by atoms with van der Waals surface area (Å²) in [6, 6.07) is 11.4. The number of nitrogens with two attached hydrogens (primary N) is 1. The van der Waals surface area contributed by atoms with Gasteiger partial charge in [-0.25, -0.2) is 9.59 Å². The van der Waals surface area contributed by atoms with Crippen molar-refractivity contribution in [3.63, 3.8) is 0 Å². The Labute approximate surface area is 144 Å². The van der Waals surface area contributed by atoms with Gasteiger partial charge in [-0.15, -0.1) is 0 Å². The monoisotopic (exact) mass is 348 g/mol. The highest BCUT2D eigenvalue weighted by molar-refractivity contribution is 6.30. The van der Waals surface area contributed by atoms with Crippen LogP contribution in [0.5, 0.6) is 5.75 Å². The average molecular weight is 349 g/mol. The Morgan fingerprint density at radius 1 is 1.21 bits per heavy atom. The standard InChI is InChI=1S/C17H17ClN2O4/c1-2-23-17(22)20-14-8-4-6-12(10-19)15(14)24-16(21)11-5-3-7-13(18)9-11/h3-9H,2,10,19H2,1H3,(H,20,22). The molecule has 0 aliphatic rings. The predicted octanol–water partition coefficient (Wildman–Crippen LogP) is 3.59. The van der Waals surface area contributed by atoms with Gasteiger partial charge in [0.05, 0.1) is 17.9 Å². The van der Waals surface area contributed by atoms with Crippen molar-refractivity contribution >= 4 is 29.4 Å². The van der Waals surface area contributed by atoms with Crippen LogP contribution in [0.15, 0.2) is 42.5 Å². The van der Waals surface area contributed by atoms with Crippen molar-refractivity contribution in [3.05, 3.63) is 58.6 Å². The van der Waals surface area contributed by atoms with E-state index in [2.05, 4.69) is 5.32 Å². The fourth-order valence-electron chi connectivity index (χ4n) is 2.01. The van der Waals surface area contributed by atoms with Crippen molar-refractivity contribution in [2.24, 2.45) is 5.73 Å². The first-order valence-electron chi connectivity index (χ1n) is 7.28. The van der Waals surface area contributed by atoms with Gasteiger partial charge in [0.15, 0.2) is 5.75 Å². The largest absolute Gasteiger partial charge is 0.450 e. The minimum Gasteiger partial charge on any atom is -0.450 e. The molecule has 3 N–H and O–H groups in total. The maximum Gasteiger partial charge on any atom is 0.411 e. The van der Waals surface area contributed by atoms with Gasteiger partial charge in [0.1, 0.15) is 0 Å². The van der Waals surface area contributed by atoms with Crippen molar-refractivity contribution in [1.82, 2.24) is 0 Å². The molecule has 0 atom stereocenters. The number of ether oxygens (including phenoxy) is 2. The van der Waals surface area contributed by atoms with Crippen LogP contribution < -0.4 is 15.8 Å². The summed E-state index contributed by atoms with van der Waals surface area (Å²) in [5, 5.41) is 2.95. The normalized spacial score (nSPS) is 10.1. The van der Waals surface area contributed by atoms with Crippen molar-refractivity contribution in [3.8, 4) is 5.75 Å². The van der Waals surface area contributed by atoms with Crippen LogP contribution in [0.3, 0.4) is 0 Å². The number of hydrogen-bond acceptors (Lipinski definition) is 5. The molecule has 0 bridgehead atoms. The molecule has 0 spiro atoms. The zero-order valence-electron chi connectivity index (χ0n) is 13.0. The molecule has 0 unspecified atom stereocenters. The molecule has 24 heavy (non-hydrogen) atoms. The minimum atomic E-state index is -0.647. The van der Waals surface area contributed by atoms with Gasteiger partial charge < -0.3 is 15.2 Å². The molecule has 0 heterocycles. The van der Waals surface area contributed by atoms with Crippen molar-refractivity contribution in [2.75, 3.05) is 11.9 Å². The lowest BCUT2D eigenvalue weighted by Gasteiger charge is -2.14. The Kier molecular flexibility index (Phi) is 6.17. The number of para-hydroxylation sites is 1. The number of esters is 1. The van der Waals surface area contributed by atoms with Crippen LogP contribution in [0.1, 0.15) is 22.8 Å². The minimum absolute atomic E-state index is 0.135. The smallest absolute Gasteiger partial charge is 0.411 e.